The Bertz CT molecular complexity index is 873. The van der Waals surface area contributed by atoms with Crippen LogP contribution in [0.5, 0.6) is 5.75 Å². The van der Waals surface area contributed by atoms with Crippen LogP contribution in [0.3, 0.4) is 0 Å². The number of phenols is 1. The fourth-order valence-electron chi connectivity index (χ4n) is 2.48. The van der Waals surface area contributed by atoms with E-state index in [1.807, 2.05) is 6.92 Å². The molecule has 2 aromatic heterocycles. The van der Waals surface area contributed by atoms with Crippen LogP contribution in [0.2, 0.25) is 0 Å². The number of carbonyl (C=O) groups excluding carboxylic acids is 1. The average Bonchev–Trinajstić information content (AvgIpc) is 2.87. The summed E-state index contributed by atoms with van der Waals surface area (Å²) in [5.74, 6) is -0.916. The third-order valence-corrected chi connectivity index (χ3v) is 3.51. The highest BCUT2D eigenvalue weighted by Gasteiger charge is 2.20. The van der Waals surface area contributed by atoms with Crippen molar-refractivity contribution in [1.82, 2.24) is 9.38 Å². The first-order valence-corrected chi connectivity index (χ1v) is 7.36. The molecule has 0 aliphatic heterocycles. The number of aromatic hydroxyl groups is 1. The van der Waals surface area contributed by atoms with Gasteiger partial charge in [0.25, 0.3) is 5.91 Å². The maximum atomic E-state index is 13.5. The van der Waals surface area contributed by atoms with E-state index in [1.54, 1.807) is 18.2 Å². The number of halogens is 1. The Balaban J connectivity index is 2.06. The number of imidazole rings is 1. The third kappa shape index (κ3) is 2.88. The Morgan fingerprint density at radius 1 is 1.30 bits per heavy atom. The van der Waals surface area contributed by atoms with Crippen LogP contribution in [-0.4, -0.2) is 20.4 Å². The van der Waals surface area contributed by atoms with E-state index in [9.17, 15) is 14.3 Å². The van der Waals surface area contributed by atoms with Crippen LogP contribution in [-0.2, 0) is 6.42 Å². The molecule has 0 radical (unpaired) electrons. The minimum absolute atomic E-state index is 0.0297. The fraction of sp³-hybridized carbons (Fsp3) is 0.176. The molecule has 2 heterocycles. The predicted molar refractivity (Wildman–Crippen MR) is 85.2 cm³/mol. The molecule has 0 unspecified atom stereocenters. The number of phenolic OH excluding ortho intramolecular Hbond substituents is 1. The Morgan fingerprint density at radius 3 is 2.83 bits per heavy atom. The van der Waals surface area contributed by atoms with E-state index in [4.69, 9.17) is 0 Å². The monoisotopic (exact) mass is 313 g/mol. The maximum absolute atomic E-state index is 13.5. The van der Waals surface area contributed by atoms with Gasteiger partial charge in [0.1, 0.15) is 22.9 Å². The van der Waals surface area contributed by atoms with Crippen molar-refractivity contribution in [1.29, 1.82) is 0 Å². The summed E-state index contributed by atoms with van der Waals surface area (Å²) in [6.45, 7) is 1.98. The molecular formula is C17H16FN3O2. The van der Waals surface area contributed by atoms with Gasteiger partial charge < -0.3 is 10.4 Å². The lowest BCUT2D eigenvalue weighted by atomic mass is 10.2. The topological polar surface area (TPSA) is 66.6 Å². The molecular weight excluding hydrogens is 297 g/mol. The molecule has 0 spiro atoms. The van der Waals surface area contributed by atoms with Gasteiger partial charge in [-0.15, -0.1) is 0 Å². The molecule has 0 bridgehead atoms. The van der Waals surface area contributed by atoms with Gasteiger partial charge >= 0.3 is 0 Å². The molecule has 1 aromatic carbocycles. The number of nitrogens with one attached hydrogen (secondary N) is 1. The van der Waals surface area contributed by atoms with Gasteiger partial charge in [-0.1, -0.05) is 25.5 Å². The van der Waals surface area contributed by atoms with E-state index >= 15 is 0 Å². The van der Waals surface area contributed by atoms with Crippen molar-refractivity contribution in [2.45, 2.75) is 19.8 Å². The number of hydrogen-bond donors (Lipinski definition) is 2. The zero-order chi connectivity index (χ0) is 16.4. The number of benzene rings is 1. The molecule has 118 valence electrons. The van der Waals surface area contributed by atoms with Crippen molar-refractivity contribution in [3.63, 3.8) is 0 Å². The minimum Gasteiger partial charge on any atom is -0.506 e. The first kappa shape index (κ1) is 15.0. The standard InChI is InChI=1S/C17H16FN3O2/c1-2-5-13-16(21-10-11(18)8-9-15(21)19-13)17(23)20-12-6-3-4-7-14(12)22/h3-4,6-10,22H,2,5H2,1H3,(H,20,23). The molecule has 0 aliphatic rings. The maximum Gasteiger partial charge on any atom is 0.274 e. The Labute approximate surface area is 132 Å². The van der Waals surface area contributed by atoms with Crippen LogP contribution in [0.15, 0.2) is 42.6 Å². The van der Waals surface area contributed by atoms with Crippen molar-refractivity contribution in [2.24, 2.45) is 0 Å². The molecule has 0 saturated heterocycles. The molecule has 0 saturated carbocycles. The lowest BCUT2D eigenvalue weighted by Gasteiger charge is -2.08. The zero-order valence-electron chi connectivity index (χ0n) is 12.6. The van der Waals surface area contributed by atoms with Crippen molar-refractivity contribution in [3.8, 4) is 5.75 Å². The number of hydrogen-bond acceptors (Lipinski definition) is 3. The molecule has 23 heavy (non-hydrogen) atoms. The van der Waals surface area contributed by atoms with Gasteiger partial charge in [-0.2, -0.15) is 0 Å². The van der Waals surface area contributed by atoms with Crippen molar-refractivity contribution in [2.75, 3.05) is 5.32 Å². The number of nitrogens with zero attached hydrogens (tertiary/aromatic N) is 2. The van der Waals surface area contributed by atoms with Crippen molar-refractivity contribution in [3.05, 3.63) is 59.8 Å². The lowest BCUT2D eigenvalue weighted by molar-refractivity contribution is 0.102. The Kier molecular flexibility index (Phi) is 3.97. The molecule has 0 fully saturated rings. The number of fused-ring (bicyclic) bond motifs is 1. The quantitative estimate of drug-likeness (QED) is 0.726. The summed E-state index contributed by atoms with van der Waals surface area (Å²) >= 11 is 0. The first-order chi connectivity index (χ1) is 11.1. The van der Waals surface area contributed by atoms with Gasteiger partial charge in [0.15, 0.2) is 0 Å². The summed E-state index contributed by atoms with van der Waals surface area (Å²) in [5.41, 5.74) is 1.69. The first-order valence-electron chi connectivity index (χ1n) is 7.36. The number of pyridine rings is 1. The smallest absolute Gasteiger partial charge is 0.274 e. The molecule has 6 heteroatoms. The summed E-state index contributed by atoms with van der Waals surface area (Å²) in [6.07, 6.45) is 2.65. The molecule has 0 atom stereocenters. The van der Waals surface area contributed by atoms with E-state index in [1.165, 1.54) is 28.8 Å². The number of anilines is 1. The van der Waals surface area contributed by atoms with Crippen LogP contribution in [0.4, 0.5) is 10.1 Å². The van der Waals surface area contributed by atoms with Gasteiger partial charge in [0, 0.05) is 6.20 Å². The summed E-state index contributed by atoms with van der Waals surface area (Å²) < 4.78 is 15.0. The second-order valence-electron chi connectivity index (χ2n) is 5.20. The van der Waals surface area contributed by atoms with Gasteiger partial charge in [0.2, 0.25) is 0 Å². The lowest BCUT2D eigenvalue weighted by Crippen LogP contribution is -2.16. The fourth-order valence-corrected chi connectivity index (χ4v) is 2.48. The minimum atomic E-state index is -0.449. The van der Waals surface area contributed by atoms with Gasteiger partial charge in [-0.25, -0.2) is 9.37 Å². The highest BCUT2D eigenvalue weighted by molar-refractivity contribution is 6.05. The normalized spacial score (nSPS) is 10.9. The van der Waals surface area contributed by atoms with Gasteiger partial charge in [-0.3, -0.25) is 9.20 Å². The van der Waals surface area contributed by atoms with E-state index in [-0.39, 0.29) is 11.4 Å². The van der Waals surface area contributed by atoms with Gasteiger partial charge in [-0.05, 0) is 30.7 Å². The second-order valence-corrected chi connectivity index (χ2v) is 5.20. The van der Waals surface area contributed by atoms with E-state index in [0.29, 0.717) is 23.4 Å². The summed E-state index contributed by atoms with van der Waals surface area (Å²) in [4.78, 5) is 17.0. The summed E-state index contributed by atoms with van der Waals surface area (Å²) in [7, 11) is 0. The number of amides is 1. The zero-order valence-corrected chi connectivity index (χ0v) is 12.6. The summed E-state index contributed by atoms with van der Waals surface area (Å²) in [6, 6.07) is 9.29. The summed E-state index contributed by atoms with van der Waals surface area (Å²) in [5, 5.41) is 12.4. The number of rotatable bonds is 4. The highest BCUT2D eigenvalue weighted by Crippen LogP contribution is 2.23. The highest BCUT2D eigenvalue weighted by atomic mass is 19.1. The predicted octanol–water partition coefficient (Wildman–Crippen LogP) is 3.38. The second kappa shape index (κ2) is 6.08. The number of aryl methyl sites for hydroxylation is 1. The van der Waals surface area contributed by atoms with Crippen LogP contribution < -0.4 is 5.32 Å². The molecule has 3 rings (SSSR count). The van der Waals surface area contributed by atoms with E-state index < -0.39 is 11.7 Å². The number of para-hydroxylation sites is 2. The largest absolute Gasteiger partial charge is 0.506 e. The molecule has 3 aromatic rings. The third-order valence-electron chi connectivity index (χ3n) is 3.51. The Hall–Kier alpha value is -2.89. The van der Waals surface area contributed by atoms with E-state index in [0.717, 1.165) is 6.42 Å². The molecule has 5 nitrogen and oxygen atoms in total. The van der Waals surface area contributed by atoms with Crippen LogP contribution in [0.1, 0.15) is 29.5 Å². The number of carbonyl (C=O) groups is 1. The van der Waals surface area contributed by atoms with Crippen LogP contribution in [0, 0.1) is 5.82 Å². The molecule has 1 amide bonds. The Morgan fingerprint density at radius 2 is 2.09 bits per heavy atom. The van der Waals surface area contributed by atoms with Crippen molar-refractivity contribution >= 4 is 17.2 Å². The van der Waals surface area contributed by atoms with Crippen LogP contribution in [0.25, 0.3) is 5.65 Å². The molecule has 2 N–H and O–H groups in total. The van der Waals surface area contributed by atoms with Gasteiger partial charge in [0.05, 0.1) is 11.4 Å². The van der Waals surface area contributed by atoms with Crippen molar-refractivity contribution < 1.29 is 14.3 Å². The SMILES string of the molecule is CCCc1nc2ccc(F)cn2c1C(=O)Nc1ccccc1O. The van der Waals surface area contributed by atoms with Crippen LogP contribution >= 0.6 is 0 Å². The molecule has 0 aliphatic carbocycles. The van der Waals surface area contributed by atoms with E-state index in [2.05, 4.69) is 10.3 Å². The average molecular weight is 313 g/mol. The number of aromatic nitrogens is 2.